The van der Waals surface area contributed by atoms with E-state index in [2.05, 4.69) is 0 Å². The Kier molecular flexibility index (Phi) is 12.8. The van der Waals surface area contributed by atoms with E-state index in [0.717, 1.165) is 10.5 Å². The second-order valence-corrected chi connectivity index (χ2v) is 11.0. The van der Waals surface area contributed by atoms with Gasteiger partial charge in [-0.05, 0) is 17.7 Å². The predicted molar refractivity (Wildman–Crippen MR) is 152 cm³/mol. The smallest absolute Gasteiger partial charge is 0.187 e. The van der Waals surface area contributed by atoms with Crippen molar-refractivity contribution in [1.82, 2.24) is 0 Å². The molecule has 0 radical (unpaired) electrons. The molecule has 2 heterocycles. The van der Waals surface area contributed by atoms with Gasteiger partial charge in [0, 0.05) is 40.4 Å². The second kappa shape index (κ2) is 16.3. The molecule has 0 unspecified atom stereocenters. The molecule has 0 spiro atoms. The zero-order chi connectivity index (χ0) is 29.2. The van der Waals surface area contributed by atoms with Crippen LogP contribution in [0.1, 0.15) is 5.56 Å². The predicted octanol–water partition coefficient (Wildman–Crippen LogP) is 2.90. The van der Waals surface area contributed by atoms with Gasteiger partial charge < -0.3 is 47.7 Å². The van der Waals surface area contributed by atoms with Crippen molar-refractivity contribution in [2.45, 2.75) is 72.1 Å². The molecule has 0 saturated carbocycles. The number of thioether (sulfide) groups is 1. The van der Waals surface area contributed by atoms with Crippen molar-refractivity contribution in [3.05, 3.63) is 66.2 Å². The average Bonchev–Trinajstić information content (AvgIpc) is 3.00. The van der Waals surface area contributed by atoms with Crippen LogP contribution >= 0.6 is 11.8 Å². The van der Waals surface area contributed by atoms with Crippen LogP contribution in [0.4, 0.5) is 0 Å². The normalized spacial score (nSPS) is 34.0. The lowest BCUT2D eigenvalue weighted by Gasteiger charge is -2.49. The zero-order valence-corrected chi connectivity index (χ0v) is 25.0. The maximum atomic E-state index is 11.1. The van der Waals surface area contributed by atoms with E-state index in [-0.39, 0.29) is 18.6 Å². The summed E-state index contributed by atoms with van der Waals surface area (Å²) in [5.74, 6) is 0. The molecule has 2 saturated heterocycles. The van der Waals surface area contributed by atoms with Crippen LogP contribution in [0.5, 0.6) is 0 Å². The van der Waals surface area contributed by atoms with Gasteiger partial charge >= 0.3 is 0 Å². The second-order valence-electron chi connectivity index (χ2n) is 9.87. The van der Waals surface area contributed by atoms with Crippen molar-refractivity contribution in [3.8, 4) is 0 Å². The van der Waals surface area contributed by atoms with E-state index in [4.69, 9.17) is 42.6 Å². The number of methoxy groups -OCH3 is 5. The fraction of sp³-hybridized carbons (Fsp3) is 0.600. The molecule has 11 heteroatoms. The first-order valence-corrected chi connectivity index (χ1v) is 14.5. The monoisotopic (exact) mass is 594 g/mol. The molecule has 0 amide bonds. The molecule has 0 aromatic heterocycles. The summed E-state index contributed by atoms with van der Waals surface area (Å²) < 4.78 is 54.1. The minimum absolute atomic E-state index is 0.124. The van der Waals surface area contributed by atoms with Gasteiger partial charge in [-0.15, -0.1) is 0 Å². The standard InChI is InChI=1S/C30H42O10S/c1-32-17-22-24(26(34-3)28(36-5)30(39-22)41-20-14-10-7-11-15-20)40-29-27(35-4)25(33-2)23(31)21(38-29)18-37-16-19-12-8-6-9-13-19/h6-15,21-31H,16-18H2,1-5H3/t21-,22-,23-,24-,25+,26+,27-,28-,29-,30+/m1/s1. The highest BCUT2D eigenvalue weighted by atomic mass is 32.2. The van der Waals surface area contributed by atoms with E-state index in [1.54, 1.807) is 33.1 Å². The summed E-state index contributed by atoms with van der Waals surface area (Å²) in [5, 5.41) is 11.1. The molecule has 2 aliphatic heterocycles. The molecule has 2 aromatic carbocycles. The first kappa shape index (κ1) is 32.3. The molecule has 0 aliphatic carbocycles. The highest BCUT2D eigenvalue weighted by Crippen LogP contribution is 2.38. The molecule has 2 fully saturated rings. The third-order valence-electron chi connectivity index (χ3n) is 7.31. The van der Waals surface area contributed by atoms with Crippen LogP contribution in [-0.4, -0.2) is 114 Å². The Morgan fingerprint density at radius 2 is 1.32 bits per heavy atom. The summed E-state index contributed by atoms with van der Waals surface area (Å²) in [5.41, 5.74) is 0.632. The van der Waals surface area contributed by atoms with Gasteiger partial charge in [0.1, 0.15) is 54.3 Å². The number of aliphatic hydroxyl groups is 1. The summed E-state index contributed by atoms with van der Waals surface area (Å²) >= 11 is 1.55. The van der Waals surface area contributed by atoms with Crippen molar-refractivity contribution < 1.29 is 47.7 Å². The number of rotatable bonds is 14. The zero-order valence-electron chi connectivity index (χ0n) is 24.2. The number of hydrogen-bond donors (Lipinski definition) is 1. The molecule has 4 rings (SSSR count). The summed E-state index contributed by atoms with van der Waals surface area (Å²) in [4.78, 5) is 1.04. The van der Waals surface area contributed by atoms with Crippen molar-refractivity contribution >= 4 is 11.8 Å². The molecule has 228 valence electrons. The van der Waals surface area contributed by atoms with Gasteiger partial charge in [0.25, 0.3) is 0 Å². The van der Waals surface area contributed by atoms with E-state index in [1.807, 2.05) is 60.7 Å². The highest BCUT2D eigenvalue weighted by Gasteiger charge is 2.53. The van der Waals surface area contributed by atoms with Gasteiger partial charge in [0.15, 0.2) is 6.29 Å². The Hall–Kier alpha value is -1.61. The van der Waals surface area contributed by atoms with E-state index in [1.165, 1.54) is 14.2 Å². The van der Waals surface area contributed by atoms with Crippen LogP contribution in [0.3, 0.4) is 0 Å². The van der Waals surface area contributed by atoms with Gasteiger partial charge in [-0.3, -0.25) is 0 Å². The maximum Gasteiger partial charge on any atom is 0.187 e. The Morgan fingerprint density at radius 3 is 1.93 bits per heavy atom. The molecule has 41 heavy (non-hydrogen) atoms. The molecular weight excluding hydrogens is 552 g/mol. The van der Waals surface area contributed by atoms with Gasteiger partial charge in [0.05, 0.1) is 19.8 Å². The first-order valence-electron chi connectivity index (χ1n) is 13.6. The minimum Gasteiger partial charge on any atom is -0.387 e. The first-order chi connectivity index (χ1) is 20.0. The van der Waals surface area contributed by atoms with Crippen LogP contribution in [0.2, 0.25) is 0 Å². The third kappa shape index (κ3) is 8.07. The summed E-state index contributed by atoms with van der Waals surface area (Å²) in [6.45, 7) is 0.745. The largest absolute Gasteiger partial charge is 0.387 e. The maximum absolute atomic E-state index is 11.1. The summed E-state index contributed by atoms with van der Waals surface area (Å²) in [6, 6.07) is 19.8. The molecule has 0 bridgehead atoms. The van der Waals surface area contributed by atoms with Crippen LogP contribution in [0, 0.1) is 0 Å². The molecule has 2 aliphatic rings. The van der Waals surface area contributed by atoms with Crippen LogP contribution < -0.4 is 0 Å². The molecular formula is C30H42O10S. The SMILES string of the molecule is COC[C@H]1O[C@@H](Sc2ccccc2)[C@H](OC)[C@@H](OC)[C@@H]1O[C@H]1O[C@H](COCc2ccccc2)[C@@H](O)[C@H](OC)[C@H]1OC. The average molecular weight is 595 g/mol. The fourth-order valence-corrected chi connectivity index (χ4v) is 6.45. The number of hydrogen-bond acceptors (Lipinski definition) is 11. The number of benzene rings is 2. The lowest BCUT2D eigenvalue weighted by molar-refractivity contribution is -0.346. The molecule has 10 atom stereocenters. The van der Waals surface area contributed by atoms with Gasteiger partial charge in [-0.2, -0.15) is 0 Å². The Labute approximate surface area is 246 Å². The summed E-state index contributed by atoms with van der Waals surface area (Å²) in [6.07, 6.45) is -6.30. The van der Waals surface area contributed by atoms with Crippen LogP contribution in [-0.2, 0) is 49.2 Å². The van der Waals surface area contributed by atoms with E-state index < -0.39 is 55.1 Å². The molecule has 10 nitrogen and oxygen atoms in total. The molecule has 2 aromatic rings. The quantitative estimate of drug-likeness (QED) is 0.349. The van der Waals surface area contributed by atoms with Crippen molar-refractivity contribution in [2.24, 2.45) is 0 Å². The van der Waals surface area contributed by atoms with Crippen LogP contribution in [0.15, 0.2) is 65.6 Å². The van der Waals surface area contributed by atoms with E-state index in [0.29, 0.717) is 6.61 Å². The van der Waals surface area contributed by atoms with Gasteiger partial charge in [-0.1, -0.05) is 60.3 Å². The lowest BCUT2D eigenvalue weighted by Crippen LogP contribution is -2.65. The minimum atomic E-state index is -1.01. The van der Waals surface area contributed by atoms with Crippen molar-refractivity contribution in [3.63, 3.8) is 0 Å². The van der Waals surface area contributed by atoms with Crippen LogP contribution in [0.25, 0.3) is 0 Å². The van der Waals surface area contributed by atoms with E-state index >= 15 is 0 Å². The Balaban J connectivity index is 1.52. The highest BCUT2D eigenvalue weighted by molar-refractivity contribution is 7.99. The van der Waals surface area contributed by atoms with Gasteiger partial charge in [0.2, 0.25) is 0 Å². The third-order valence-corrected chi connectivity index (χ3v) is 8.47. The van der Waals surface area contributed by atoms with Crippen molar-refractivity contribution in [1.29, 1.82) is 0 Å². The Bertz CT molecular complexity index is 1000. The van der Waals surface area contributed by atoms with Crippen molar-refractivity contribution in [2.75, 3.05) is 48.8 Å². The topological polar surface area (TPSA) is 103 Å². The van der Waals surface area contributed by atoms with Gasteiger partial charge in [-0.25, -0.2) is 0 Å². The van der Waals surface area contributed by atoms with E-state index in [9.17, 15) is 5.11 Å². The lowest BCUT2D eigenvalue weighted by atomic mass is 9.97. The molecule has 1 N–H and O–H groups in total. The Morgan fingerprint density at radius 1 is 0.683 bits per heavy atom. The number of ether oxygens (including phenoxy) is 9. The number of aliphatic hydroxyl groups excluding tert-OH is 1. The summed E-state index contributed by atoms with van der Waals surface area (Å²) in [7, 11) is 7.89. The fourth-order valence-electron chi connectivity index (χ4n) is 5.26.